The number of hydrogen-bond donors (Lipinski definition) is 1. The maximum absolute atomic E-state index is 13.8. The number of carbonyl (C=O) groups excluding carboxylic acids is 3. The minimum absolute atomic E-state index is 0.0621. The van der Waals surface area contributed by atoms with Crippen LogP contribution in [-0.2, 0) is 27.3 Å². The standard InChI is InChI=1S/C30H36N2O8/c1-5-14-39-29(36)32-23-18-25(40-19-21-11-9-10-20(15-21)16-26(33)38-6-2)24(37-4)17-22(23)27(34)31-13-8-7-12-30(31,3)28(32)35/h5,9-11,15,17-18,28,35H,1,6-8,12-14,16,19H2,2-4H3/t28?,30-/m0/s1. The van der Waals surface area contributed by atoms with Crippen molar-refractivity contribution in [1.29, 1.82) is 0 Å². The molecule has 0 saturated carbocycles. The predicted octanol–water partition coefficient (Wildman–Crippen LogP) is 4.23. The molecule has 10 heteroatoms. The average molecular weight is 553 g/mol. The van der Waals surface area contributed by atoms with Gasteiger partial charge in [0, 0.05) is 12.6 Å². The molecule has 2 amide bonds. The first-order valence-electron chi connectivity index (χ1n) is 13.4. The average Bonchev–Trinajstić information content (AvgIpc) is 3.01. The Morgan fingerprint density at radius 1 is 1.15 bits per heavy atom. The number of aliphatic hydroxyl groups excluding tert-OH is 1. The van der Waals surface area contributed by atoms with Crippen molar-refractivity contribution in [3.8, 4) is 11.5 Å². The smallest absolute Gasteiger partial charge is 0.416 e. The minimum Gasteiger partial charge on any atom is -0.493 e. The zero-order valence-corrected chi connectivity index (χ0v) is 23.2. The number of nitrogens with zero attached hydrogens (tertiary/aromatic N) is 2. The molecule has 0 radical (unpaired) electrons. The van der Waals surface area contributed by atoms with Crippen LogP contribution in [0.2, 0.25) is 0 Å². The molecule has 1 unspecified atom stereocenters. The van der Waals surface area contributed by atoms with Crippen LogP contribution in [0.4, 0.5) is 10.5 Å². The van der Waals surface area contributed by atoms with Gasteiger partial charge in [0.15, 0.2) is 17.7 Å². The topological polar surface area (TPSA) is 115 Å². The molecule has 10 nitrogen and oxygen atoms in total. The lowest BCUT2D eigenvalue weighted by molar-refractivity contribution is -0.142. The molecule has 2 aliphatic rings. The Morgan fingerprint density at radius 3 is 2.65 bits per heavy atom. The van der Waals surface area contributed by atoms with E-state index in [0.717, 1.165) is 28.9 Å². The van der Waals surface area contributed by atoms with Crippen LogP contribution in [0.3, 0.4) is 0 Å². The van der Waals surface area contributed by atoms with Crippen molar-refractivity contribution in [2.24, 2.45) is 0 Å². The third-order valence-corrected chi connectivity index (χ3v) is 7.31. The number of amides is 2. The van der Waals surface area contributed by atoms with Gasteiger partial charge in [-0.15, -0.1) is 0 Å². The maximum atomic E-state index is 13.8. The number of fused-ring (bicyclic) bond motifs is 2. The number of methoxy groups -OCH3 is 1. The van der Waals surface area contributed by atoms with Crippen LogP contribution >= 0.6 is 0 Å². The number of piperidine rings is 1. The second kappa shape index (κ2) is 12.4. The van der Waals surface area contributed by atoms with E-state index in [4.69, 9.17) is 18.9 Å². The van der Waals surface area contributed by atoms with E-state index in [0.29, 0.717) is 25.3 Å². The summed E-state index contributed by atoms with van der Waals surface area (Å²) in [6.45, 7) is 7.95. The van der Waals surface area contributed by atoms with Crippen LogP contribution in [0.15, 0.2) is 49.1 Å². The summed E-state index contributed by atoms with van der Waals surface area (Å²) < 4.78 is 22.0. The van der Waals surface area contributed by atoms with Gasteiger partial charge in [-0.25, -0.2) is 9.69 Å². The van der Waals surface area contributed by atoms with Gasteiger partial charge in [-0.3, -0.25) is 9.59 Å². The van der Waals surface area contributed by atoms with E-state index in [2.05, 4.69) is 6.58 Å². The van der Waals surface area contributed by atoms with E-state index in [9.17, 15) is 19.5 Å². The van der Waals surface area contributed by atoms with E-state index < -0.39 is 17.9 Å². The second-order valence-electron chi connectivity index (χ2n) is 9.99. The van der Waals surface area contributed by atoms with Crippen LogP contribution in [0.1, 0.15) is 54.6 Å². The van der Waals surface area contributed by atoms with Crippen molar-refractivity contribution in [1.82, 2.24) is 4.90 Å². The fraction of sp³-hybridized carbons (Fsp3) is 0.433. The molecule has 1 N–H and O–H groups in total. The second-order valence-corrected chi connectivity index (χ2v) is 9.99. The van der Waals surface area contributed by atoms with Crippen molar-refractivity contribution >= 4 is 23.7 Å². The van der Waals surface area contributed by atoms with Crippen LogP contribution in [0.25, 0.3) is 0 Å². The van der Waals surface area contributed by atoms with Crippen molar-refractivity contribution in [2.45, 2.75) is 57.9 Å². The molecule has 40 heavy (non-hydrogen) atoms. The molecule has 2 aromatic carbocycles. The first-order valence-corrected chi connectivity index (χ1v) is 13.4. The summed E-state index contributed by atoms with van der Waals surface area (Å²) >= 11 is 0. The lowest BCUT2D eigenvalue weighted by Gasteiger charge is -2.47. The van der Waals surface area contributed by atoms with Crippen LogP contribution in [0, 0.1) is 0 Å². The van der Waals surface area contributed by atoms with Gasteiger partial charge in [0.25, 0.3) is 5.91 Å². The molecule has 0 aliphatic carbocycles. The Bertz CT molecular complexity index is 1280. The molecular weight excluding hydrogens is 516 g/mol. The zero-order chi connectivity index (χ0) is 28.9. The van der Waals surface area contributed by atoms with Gasteiger partial charge < -0.3 is 29.0 Å². The van der Waals surface area contributed by atoms with E-state index in [1.54, 1.807) is 18.7 Å². The highest BCUT2D eigenvalue weighted by molar-refractivity contribution is 6.06. The van der Waals surface area contributed by atoms with Gasteiger partial charge in [-0.1, -0.05) is 36.9 Å². The van der Waals surface area contributed by atoms with Gasteiger partial charge >= 0.3 is 12.1 Å². The quantitative estimate of drug-likeness (QED) is 0.363. The SMILES string of the molecule is C=CCOC(=O)N1c2cc(OCc3cccc(CC(=O)OCC)c3)c(OC)cc2C(=O)N2CCCC[C@@]2(C)C1O. The Balaban J connectivity index is 1.71. The van der Waals surface area contributed by atoms with Gasteiger partial charge in [-0.05, 0) is 50.3 Å². The van der Waals surface area contributed by atoms with Gasteiger partial charge in [0.1, 0.15) is 13.2 Å². The Hall–Kier alpha value is -4.05. The molecule has 2 aromatic rings. The molecular formula is C30H36N2O8. The van der Waals surface area contributed by atoms with E-state index in [1.165, 1.54) is 25.3 Å². The molecule has 0 bridgehead atoms. The highest BCUT2D eigenvalue weighted by atomic mass is 16.6. The fourth-order valence-corrected chi connectivity index (χ4v) is 5.26. The first-order chi connectivity index (χ1) is 19.2. The van der Waals surface area contributed by atoms with Crippen molar-refractivity contribution < 1.29 is 38.4 Å². The summed E-state index contributed by atoms with van der Waals surface area (Å²) in [6, 6.07) is 10.4. The van der Waals surface area contributed by atoms with Crippen molar-refractivity contribution in [2.75, 3.05) is 31.8 Å². The third kappa shape index (κ3) is 5.77. The van der Waals surface area contributed by atoms with Crippen molar-refractivity contribution in [3.05, 3.63) is 65.7 Å². The van der Waals surface area contributed by atoms with E-state index in [1.807, 2.05) is 24.3 Å². The van der Waals surface area contributed by atoms with Crippen molar-refractivity contribution in [3.63, 3.8) is 0 Å². The highest BCUT2D eigenvalue weighted by Gasteiger charge is 2.51. The van der Waals surface area contributed by atoms with E-state index in [-0.39, 0.29) is 48.5 Å². The van der Waals surface area contributed by atoms with Crippen LogP contribution in [0.5, 0.6) is 11.5 Å². The number of benzene rings is 2. The molecule has 1 fully saturated rings. The van der Waals surface area contributed by atoms with Crippen LogP contribution in [-0.4, -0.2) is 66.6 Å². The molecule has 2 atom stereocenters. The molecule has 4 rings (SSSR count). The Morgan fingerprint density at radius 2 is 1.93 bits per heavy atom. The maximum Gasteiger partial charge on any atom is 0.416 e. The number of aliphatic hydroxyl groups is 1. The lowest BCUT2D eigenvalue weighted by Crippen LogP contribution is -2.63. The molecule has 0 aromatic heterocycles. The van der Waals surface area contributed by atoms with Gasteiger partial charge in [-0.2, -0.15) is 0 Å². The summed E-state index contributed by atoms with van der Waals surface area (Å²) in [7, 11) is 1.46. The van der Waals surface area contributed by atoms with E-state index >= 15 is 0 Å². The minimum atomic E-state index is -1.36. The largest absolute Gasteiger partial charge is 0.493 e. The molecule has 0 spiro atoms. The normalized spacial score (nSPS) is 20.1. The number of carbonyl (C=O) groups is 3. The summed E-state index contributed by atoms with van der Waals surface area (Å²) in [6.07, 6.45) is 1.51. The lowest BCUT2D eigenvalue weighted by atomic mass is 9.86. The molecule has 2 aliphatic heterocycles. The Labute approximate surface area is 234 Å². The third-order valence-electron chi connectivity index (χ3n) is 7.31. The molecule has 2 heterocycles. The van der Waals surface area contributed by atoms with Crippen LogP contribution < -0.4 is 14.4 Å². The summed E-state index contributed by atoms with van der Waals surface area (Å²) in [5.41, 5.74) is 0.912. The summed E-state index contributed by atoms with van der Waals surface area (Å²) in [4.78, 5) is 41.8. The Kier molecular flexibility index (Phi) is 8.99. The first kappa shape index (κ1) is 28.9. The monoisotopic (exact) mass is 552 g/mol. The highest BCUT2D eigenvalue weighted by Crippen LogP contribution is 2.44. The fourth-order valence-electron chi connectivity index (χ4n) is 5.26. The predicted molar refractivity (Wildman–Crippen MR) is 147 cm³/mol. The molecule has 1 saturated heterocycles. The molecule has 214 valence electrons. The number of hydrogen-bond acceptors (Lipinski definition) is 8. The van der Waals surface area contributed by atoms with Gasteiger partial charge in [0.05, 0.1) is 36.9 Å². The number of ether oxygens (including phenoxy) is 4. The number of rotatable bonds is 9. The summed E-state index contributed by atoms with van der Waals surface area (Å²) in [5.74, 6) is -0.0654. The summed E-state index contributed by atoms with van der Waals surface area (Å²) in [5, 5.41) is 11.6. The van der Waals surface area contributed by atoms with Gasteiger partial charge in [0.2, 0.25) is 0 Å². The zero-order valence-electron chi connectivity index (χ0n) is 23.2. The number of anilines is 1. The number of esters is 1.